The molecule has 0 saturated carbocycles. The lowest BCUT2D eigenvalue weighted by molar-refractivity contribution is 0.493. The van der Waals surface area contributed by atoms with Gasteiger partial charge in [0.25, 0.3) is 0 Å². The van der Waals surface area contributed by atoms with Crippen molar-refractivity contribution in [2.75, 3.05) is 0 Å². The zero-order valence-electron chi connectivity index (χ0n) is 9.00. The first-order valence-corrected chi connectivity index (χ1v) is 5.39. The molecule has 92 valence electrons. The molecule has 0 spiro atoms. The molecule has 0 aliphatic rings. The molecule has 2 aromatic rings. The molecule has 0 unspecified atom stereocenters. The minimum atomic E-state index is -1.26. The zero-order valence-corrected chi connectivity index (χ0v) is 9.76. The van der Waals surface area contributed by atoms with Gasteiger partial charge >= 0.3 is 0 Å². The minimum Gasteiger partial charge on any atom is -0.256 e. The third kappa shape index (κ3) is 2.71. The predicted octanol–water partition coefficient (Wildman–Crippen LogP) is 4.51. The van der Waals surface area contributed by atoms with E-state index in [4.69, 9.17) is 11.6 Å². The molecule has 0 heterocycles. The molecule has 0 atom stereocenters. The lowest BCUT2D eigenvalue weighted by atomic mass is 10.2. The molecule has 0 amide bonds. The van der Waals surface area contributed by atoms with Crippen molar-refractivity contribution in [1.82, 2.24) is 0 Å². The van der Waals surface area contributed by atoms with Crippen LogP contribution < -0.4 is 0 Å². The summed E-state index contributed by atoms with van der Waals surface area (Å²) in [6, 6.07) is 7.91. The highest BCUT2D eigenvalue weighted by atomic mass is 35.5. The zero-order chi connectivity index (χ0) is 13.1. The number of hydrogen-bond donors (Lipinski definition) is 0. The molecule has 0 fully saturated rings. The molecule has 2 aromatic carbocycles. The van der Waals surface area contributed by atoms with Crippen LogP contribution in [-0.4, -0.2) is 6.21 Å². The highest BCUT2D eigenvalue weighted by molar-refractivity contribution is 6.30. The topological polar surface area (TPSA) is 12.4 Å². The van der Waals surface area contributed by atoms with Gasteiger partial charge in [-0.15, -0.1) is 0 Å². The first kappa shape index (κ1) is 12.6. The van der Waals surface area contributed by atoms with Crippen LogP contribution in [0.1, 0.15) is 5.56 Å². The molecular formula is C13H7ClF3N. The summed E-state index contributed by atoms with van der Waals surface area (Å²) in [4.78, 5) is 3.85. The van der Waals surface area contributed by atoms with Gasteiger partial charge in [-0.3, -0.25) is 4.99 Å². The highest BCUT2D eigenvalue weighted by Crippen LogP contribution is 2.18. The van der Waals surface area contributed by atoms with Crippen LogP contribution in [0, 0.1) is 17.5 Å². The largest absolute Gasteiger partial charge is 0.256 e. The summed E-state index contributed by atoms with van der Waals surface area (Å²) in [5.74, 6) is -3.24. The summed E-state index contributed by atoms with van der Waals surface area (Å²) in [7, 11) is 0. The molecule has 0 bridgehead atoms. The van der Waals surface area contributed by atoms with Crippen molar-refractivity contribution in [2.24, 2.45) is 4.99 Å². The Kier molecular flexibility index (Phi) is 3.67. The van der Waals surface area contributed by atoms with E-state index >= 15 is 0 Å². The van der Waals surface area contributed by atoms with Gasteiger partial charge in [0.15, 0.2) is 11.6 Å². The fourth-order valence-electron chi connectivity index (χ4n) is 1.33. The molecule has 2 rings (SSSR count). The van der Waals surface area contributed by atoms with E-state index < -0.39 is 23.0 Å². The van der Waals surface area contributed by atoms with Gasteiger partial charge in [-0.25, -0.2) is 13.2 Å². The van der Waals surface area contributed by atoms with Crippen molar-refractivity contribution in [1.29, 1.82) is 0 Å². The van der Waals surface area contributed by atoms with Crippen molar-refractivity contribution in [3.05, 3.63) is 64.4 Å². The maximum absolute atomic E-state index is 13.3. The van der Waals surface area contributed by atoms with Gasteiger partial charge in [-0.05, 0) is 36.4 Å². The fraction of sp³-hybridized carbons (Fsp3) is 0. The van der Waals surface area contributed by atoms with Gasteiger partial charge in [0, 0.05) is 11.2 Å². The van der Waals surface area contributed by atoms with Crippen molar-refractivity contribution in [3.8, 4) is 0 Å². The molecule has 0 aliphatic heterocycles. The summed E-state index contributed by atoms with van der Waals surface area (Å²) in [6.45, 7) is 0. The molecule has 0 radical (unpaired) electrons. The summed E-state index contributed by atoms with van der Waals surface area (Å²) in [5.41, 5.74) is -0.0487. The number of halogens is 4. The monoisotopic (exact) mass is 269 g/mol. The van der Waals surface area contributed by atoms with Crippen molar-refractivity contribution >= 4 is 23.5 Å². The molecule has 0 N–H and O–H groups in total. The van der Waals surface area contributed by atoms with E-state index in [9.17, 15) is 13.2 Å². The van der Waals surface area contributed by atoms with Crippen LogP contribution in [0.15, 0.2) is 41.4 Å². The van der Waals surface area contributed by atoms with E-state index in [1.54, 1.807) is 24.3 Å². The van der Waals surface area contributed by atoms with E-state index in [-0.39, 0.29) is 0 Å². The molecule has 5 heteroatoms. The van der Waals surface area contributed by atoms with Gasteiger partial charge in [-0.1, -0.05) is 11.6 Å². The Morgan fingerprint density at radius 3 is 2.17 bits per heavy atom. The summed E-state index contributed by atoms with van der Waals surface area (Å²) in [5, 5.41) is 0.525. The molecule has 0 saturated heterocycles. The Morgan fingerprint density at radius 2 is 1.50 bits per heavy atom. The number of benzene rings is 2. The van der Waals surface area contributed by atoms with E-state index in [2.05, 4.69) is 4.99 Å². The molecule has 0 aromatic heterocycles. The van der Waals surface area contributed by atoms with Gasteiger partial charge < -0.3 is 0 Å². The fourth-order valence-corrected chi connectivity index (χ4v) is 1.45. The van der Waals surface area contributed by atoms with Crippen LogP contribution in [0.2, 0.25) is 5.02 Å². The van der Waals surface area contributed by atoms with E-state index in [0.29, 0.717) is 10.7 Å². The normalized spacial score (nSPS) is 11.1. The smallest absolute Gasteiger partial charge is 0.170 e. The second-order valence-corrected chi connectivity index (χ2v) is 3.93. The average Bonchev–Trinajstić information content (AvgIpc) is 2.36. The second kappa shape index (κ2) is 5.23. The highest BCUT2D eigenvalue weighted by Gasteiger charge is 2.11. The van der Waals surface area contributed by atoms with Crippen molar-refractivity contribution in [2.45, 2.75) is 0 Å². The molecule has 1 nitrogen and oxygen atoms in total. The Hall–Kier alpha value is -1.81. The lowest BCUT2D eigenvalue weighted by Crippen LogP contribution is -1.97. The Bertz CT molecular complexity index is 594. The van der Waals surface area contributed by atoms with E-state index in [1.165, 1.54) is 0 Å². The number of rotatable bonds is 2. The lowest BCUT2D eigenvalue weighted by Gasteiger charge is -2.00. The number of hydrogen-bond acceptors (Lipinski definition) is 1. The number of nitrogens with zero attached hydrogens (tertiary/aromatic N) is 1. The van der Waals surface area contributed by atoms with Crippen molar-refractivity contribution < 1.29 is 13.2 Å². The molecule has 18 heavy (non-hydrogen) atoms. The first-order chi connectivity index (χ1) is 8.58. The maximum atomic E-state index is 13.3. The average molecular weight is 270 g/mol. The van der Waals surface area contributed by atoms with Crippen LogP contribution in [0.5, 0.6) is 0 Å². The SMILES string of the molecule is Fc1ccc(F)c(/C=N/c2ccc(Cl)cc2)c1F. The van der Waals surface area contributed by atoms with E-state index in [0.717, 1.165) is 18.3 Å². The van der Waals surface area contributed by atoms with E-state index in [1.807, 2.05) is 0 Å². The minimum absolute atomic E-state index is 0.461. The third-order valence-corrected chi connectivity index (χ3v) is 2.50. The first-order valence-electron chi connectivity index (χ1n) is 5.01. The molecule has 0 aliphatic carbocycles. The van der Waals surface area contributed by atoms with Crippen molar-refractivity contribution in [3.63, 3.8) is 0 Å². The quantitative estimate of drug-likeness (QED) is 0.562. The third-order valence-electron chi connectivity index (χ3n) is 2.25. The predicted molar refractivity (Wildman–Crippen MR) is 65.0 cm³/mol. The van der Waals surface area contributed by atoms with Gasteiger partial charge in [0.05, 0.1) is 11.3 Å². The molecular weight excluding hydrogens is 263 g/mol. The van der Waals surface area contributed by atoms with Crippen LogP contribution in [0.25, 0.3) is 0 Å². The standard InChI is InChI=1S/C13H7ClF3N/c14-8-1-3-9(4-2-8)18-7-10-11(15)5-6-12(16)13(10)17/h1-7H/b18-7+. The van der Waals surface area contributed by atoms with Crippen LogP contribution >= 0.6 is 11.6 Å². The summed E-state index contributed by atoms with van der Waals surface area (Å²) < 4.78 is 39.5. The Balaban J connectivity index is 2.34. The van der Waals surface area contributed by atoms with Crippen LogP contribution in [0.4, 0.5) is 18.9 Å². The Morgan fingerprint density at radius 1 is 0.889 bits per heavy atom. The summed E-state index contributed by atoms with van der Waals surface area (Å²) in [6.07, 6.45) is 0.941. The second-order valence-electron chi connectivity index (χ2n) is 3.49. The number of aliphatic imine (C=N–C) groups is 1. The van der Waals surface area contributed by atoms with Gasteiger partial charge in [-0.2, -0.15) is 0 Å². The van der Waals surface area contributed by atoms with Gasteiger partial charge in [0.2, 0.25) is 0 Å². The Labute approximate surface area is 107 Å². The van der Waals surface area contributed by atoms with Crippen LogP contribution in [0.3, 0.4) is 0 Å². The maximum Gasteiger partial charge on any atom is 0.170 e. The van der Waals surface area contributed by atoms with Crippen LogP contribution in [-0.2, 0) is 0 Å². The van der Waals surface area contributed by atoms with Gasteiger partial charge in [0.1, 0.15) is 5.82 Å². The summed E-state index contributed by atoms with van der Waals surface area (Å²) >= 11 is 5.68.